The van der Waals surface area contributed by atoms with Crippen LogP contribution in [0.3, 0.4) is 0 Å². The Balaban J connectivity index is 3.31. The number of hydrogen-bond donors (Lipinski definition) is 1. The molecule has 0 rings (SSSR count). The first kappa shape index (κ1) is 22.0. The van der Waals surface area contributed by atoms with Gasteiger partial charge >= 0.3 is 0 Å². The summed E-state index contributed by atoms with van der Waals surface area (Å²) in [5.74, 6) is 2.70. The van der Waals surface area contributed by atoms with Gasteiger partial charge in [-0.05, 0) is 56.5 Å². The predicted molar refractivity (Wildman–Crippen MR) is 102 cm³/mol. The van der Waals surface area contributed by atoms with E-state index < -0.39 is 0 Å². The molecule has 1 N–H and O–H groups in total. The maximum atomic E-state index is 3.65. The molecule has 0 aromatic rings. The Kier molecular flexibility index (Phi) is 15.8. The molecule has 3 unspecified atom stereocenters. The summed E-state index contributed by atoms with van der Waals surface area (Å²) in [6.45, 7) is 14.3. The summed E-state index contributed by atoms with van der Waals surface area (Å²) in [4.78, 5) is 0. The van der Waals surface area contributed by atoms with E-state index in [9.17, 15) is 0 Å². The van der Waals surface area contributed by atoms with Crippen LogP contribution in [0.25, 0.3) is 0 Å². The van der Waals surface area contributed by atoms with Crippen molar-refractivity contribution in [3.05, 3.63) is 0 Å². The van der Waals surface area contributed by atoms with Gasteiger partial charge in [0.15, 0.2) is 0 Å². The van der Waals surface area contributed by atoms with Gasteiger partial charge in [0.05, 0.1) is 0 Å². The molecule has 0 aromatic heterocycles. The maximum Gasteiger partial charge on any atom is -0.00464 e. The highest BCUT2D eigenvalue weighted by molar-refractivity contribution is 4.61. The highest BCUT2D eigenvalue weighted by atomic mass is 14.8. The summed E-state index contributed by atoms with van der Waals surface area (Å²) in [6, 6.07) is 0. The average molecular weight is 312 g/mol. The second-order valence-corrected chi connectivity index (χ2v) is 7.84. The first-order valence-electron chi connectivity index (χ1n) is 10.3. The van der Waals surface area contributed by atoms with Crippen LogP contribution in [0.4, 0.5) is 0 Å². The van der Waals surface area contributed by atoms with Crippen LogP contribution in [0.1, 0.15) is 105 Å². The van der Waals surface area contributed by atoms with Crippen LogP contribution < -0.4 is 5.32 Å². The first-order valence-corrected chi connectivity index (χ1v) is 10.3. The van der Waals surface area contributed by atoms with Gasteiger partial charge in [-0.3, -0.25) is 0 Å². The lowest BCUT2D eigenvalue weighted by atomic mass is 9.93. The van der Waals surface area contributed by atoms with Crippen LogP contribution in [0.5, 0.6) is 0 Å². The number of unbranched alkanes of at least 4 members (excludes halogenated alkanes) is 4. The molecule has 0 radical (unpaired) electrons. The van der Waals surface area contributed by atoms with Gasteiger partial charge in [-0.1, -0.05) is 79.6 Å². The van der Waals surface area contributed by atoms with E-state index in [0.717, 1.165) is 17.8 Å². The van der Waals surface area contributed by atoms with E-state index in [2.05, 4.69) is 39.9 Å². The molecule has 0 aliphatic rings. The Morgan fingerprint density at radius 1 is 0.636 bits per heavy atom. The van der Waals surface area contributed by atoms with E-state index in [0.29, 0.717) is 0 Å². The van der Waals surface area contributed by atoms with E-state index in [-0.39, 0.29) is 0 Å². The van der Waals surface area contributed by atoms with Crippen LogP contribution in [-0.2, 0) is 0 Å². The van der Waals surface area contributed by atoms with E-state index in [4.69, 9.17) is 0 Å². The van der Waals surface area contributed by atoms with Gasteiger partial charge < -0.3 is 5.32 Å². The Morgan fingerprint density at radius 2 is 1.32 bits per heavy atom. The lowest BCUT2D eigenvalue weighted by molar-refractivity contribution is 0.377. The van der Waals surface area contributed by atoms with Crippen molar-refractivity contribution in [1.29, 1.82) is 0 Å². The van der Waals surface area contributed by atoms with Gasteiger partial charge in [0.25, 0.3) is 0 Å². The predicted octanol–water partition coefficient (Wildman–Crippen LogP) is 6.82. The van der Waals surface area contributed by atoms with E-state index in [1.807, 2.05) is 0 Å². The molecule has 0 heterocycles. The summed E-state index contributed by atoms with van der Waals surface area (Å²) >= 11 is 0. The summed E-state index contributed by atoms with van der Waals surface area (Å²) in [5.41, 5.74) is 0. The fourth-order valence-corrected chi connectivity index (χ4v) is 3.26. The van der Waals surface area contributed by atoms with Crippen molar-refractivity contribution in [3.8, 4) is 0 Å². The fourth-order valence-electron chi connectivity index (χ4n) is 3.26. The molecule has 0 amide bonds. The molecule has 22 heavy (non-hydrogen) atoms. The molecule has 0 bridgehead atoms. The van der Waals surface area contributed by atoms with Crippen LogP contribution in [0, 0.1) is 17.8 Å². The van der Waals surface area contributed by atoms with E-state index in [1.54, 1.807) is 0 Å². The molecule has 0 aliphatic heterocycles. The lowest BCUT2D eigenvalue weighted by Crippen LogP contribution is -2.19. The fraction of sp³-hybridized carbons (Fsp3) is 1.00. The molecule has 0 aliphatic carbocycles. The minimum absolute atomic E-state index is 0.879. The average Bonchev–Trinajstić information content (AvgIpc) is 2.50. The van der Waals surface area contributed by atoms with Gasteiger partial charge in [0.2, 0.25) is 0 Å². The highest BCUT2D eigenvalue weighted by Crippen LogP contribution is 2.17. The SMILES string of the molecule is CCCCCCCC(C)CCCNCCC(C)CC(C)CC. The van der Waals surface area contributed by atoms with Crippen LogP contribution in [0.15, 0.2) is 0 Å². The quantitative estimate of drug-likeness (QED) is 0.308. The van der Waals surface area contributed by atoms with Gasteiger partial charge in [0.1, 0.15) is 0 Å². The molecule has 0 saturated carbocycles. The van der Waals surface area contributed by atoms with Crippen molar-refractivity contribution < 1.29 is 0 Å². The second kappa shape index (κ2) is 15.8. The molecule has 3 atom stereocenters. The Morgan fingerprint density at radius 3 is 2.00 bits per heavy atom. The smallest absolute Gasteiger partial charge is 0.00464 e. The third-order valence-electron chi connectivity index (χ3n) is 5.17. The topological polar surface area (TPSA) is 12.0 Å². The van der Waals surface area contributed by atoms with Crippen LogP contribution >= 0.6 is 0 Å². The minimum atomic E-state index is 0.879. The van der Waals surface area contributed by atoms with Crippen molar-refractivity contribution in [2.24, 2.45) is 17.8 Å². The van der Waals surface area contributed by atoms with Crippen LogP contribution in [-0.4, -0.2) is 13.1 Å². The maximum absolute atomic E-state index is 3.65. The lowest BCUT2D eigenvalue weighted by Gasteiger charge is -2.16. The standard InChI is InChI=1S/C21H45N/c1-6-8-9-10-11-13-20(4)14-12-16-22-17-15-21(5)18-19(3)7-2/h19-22H,6-18H2,1-5H3. The second-order valence-electron chi connectivity index (χ2n) is 7.84. The zero-order valence-corrected chi connectivity index (χ0v) is 16.4. The van der Waals surface area contributed by atoms with Gasteiger partial charge in [-0.15, -0.1) is 0 Å². The van der Waals surface area contributed by atoms with Gasteiger partial charge in [-0.25, -0.2) is 0 Å². The van der Waals surface area contributed by atoms with Crippen molar-refractivity contribution in [2.75, 3.05) is 13.1 Å². The summed E-state index contributed by atoms with van der Waals surface area (Å²) in [7, 11) is 0. The van der Waals surface area contributed by atoms with Crippen molar-refractivity contribution >= 4 is 0 Å². The molecule has 1 nitrogen and oxygen atoms in total. The van der Waals surface area contributed by atoms with Crippen LogP contribution in [0.2, 0.25) is 0 Å². The molecule has 134 valence electrons. The summed E-state index contributed by atoms with van der Waals surface area (Å²) in [6.07, 6.45) is 15.4. The number of nitrogens with one attached hydrogen (secondary N) is 1. The largest absolute Gasteiger partial charge is 0.317 e. The summed E-state index contributed by atoms with van der Waals surface area (Å²) < 4.78 is 0. The van der Waals surface area contributed by atoms with E-state index >= 15 is 0 Å². The van der Waals surface area contributed by atoms with Gasteiger partial charge in [-0.2, -0.15) is 0 Å². The zero-order valence-electron chi connectivity index (χ0n) is 16.4. The zero-order chi connectivity index (χ0) is 16.6. The highest BCUT2D eigenvalue weighted by Gasteiger charge is 2.07. The minimum Gasteiger partial charge on any atom is -0.317 e. The Labute approximate surface area is 142 Å². The molecule has 0 saturated heterocycles. The molecule has 0 fully saturated rings. The molecular weight excluding hydrogens is 266 g/mol. The Hall–Kier alpha value is -0.0400. The number of hydrogen-bond acceptors (Lipinski definition) is 1. The first-order chi connectivity index (χ1) is 10.6. The molecule has 0 spiro atoms. The van der Waals surface area contributed by atoms with E-state index in [1.165, 1.54) is 83.7 Å². The normalized spacial score (nSPS) is 15.7. The molecular formula is C21H45N. The molecule has 0 aromatic carbocycles. The van der Waals surface area contributed by atoms with Crippen molar-refractivity contribution in [3.63, 3.8) is 0 Å². The number of rotatable bonds is 16. The van der Waals surface area contributed by atoms with Crippen molar-refractivity contribution in [2.45, 2.75) is 105 Å². The summed E-state index contributed by atoms with van der Waals surface area (Å²) in [5, 5.41) is 3.65. The molecule has 1 heteroatoms. The monoisotopic (exact) mass is 311 g/mol. The Bertz CT molecular complexity index is 214. The van der Waals surface area contributed by atoms with Gasteiger partial charge in [0, 0.05) is 0 Å². The third-order valence-corrected chi connectivity index (χ3v) is 5.17. The third kappa shape index (κ3) is 14.9. The van der Waals surface area contributed by atoms with Crippen molar-refractivity contribution in [1.82, 2.24) is 5.32 Å².